The van der Waals surface area contributed by atoms with Crippen LogP contribution in [0.15, 0.2) is 66.2 Å². The quantitative estimate of drug-likeness (QED) is 0.530. The zero-order valence-corrected chi connectivity index (χ0v) is 15.2. The highest BCUT2D eigenvalue weighted by Crippen LogP contribution is 2.30. The van der Waals surface area contributed by atoms with E-state index in [-0.39, 0.29) is 12.3 Å². The second-order valence-electron chi connectivity index (χ2n) is 5.77. The Morgan fingerprint density at radius 2 is 1.92 bits per heavy atom. The number of aromatic nitrogens is 2. The van der Waals surface area contributed by atoms with Gasteiger partial charge in [-0.15, -0.1) is 11.3 Å². The molecule has 128 valence electrons. The minimum atomic E-state index is -0.127. The Morgan fingerprint density at radius 3 is 2.81 bits per heavy atom. The molecule has 1 N–H and O–H groups in total. The third kappa shape index (κ3) is 3.59. The summed E-state index contributed by atoms with van der Waals surface area (Å²) in [6.07, 6.45) is 1.87. The lowest BCUT2D eigenvalue weighted by molar-refractivity contribution is -0.115. The Kier molecular flexibility index (Phi) is 4.65. The van der Waals surface area contributed by atoms with Crippen molar-refractivity contribution in [3.8, 4) is 10.6 Å². The van der Waals surface area contributed by atoms with E-state index in [1.54, 1.807) is 6.20 Å². The number of rotatable bonds is 4. The van der Waals surface area contributed by atoms with Crippen molar-refractivity contribution in [1.82, 2.24) is 9.97 Å². The van der Waals surface area contributed by atoms with Crippen molar-refractivity contribution in [2.24, 2.45) is 0 Å². The molecule has 0 atom stereocenters. The summed E-state index contributed by atoms with van der Waals surface area (Å²) in [5.74, 6) is -0.127. The van der Waals surface area contributed by atoms with E-state index in [1.807, 2.05) is 60.0 Å². The number of nitrogens with one attached hydrogen (secondary N) is 1. The van der Waals surface area contributed by atoms with Crippen LogP contribution in [-0.2, 0) is 11.2 Å². The Labute approximate surface area is 159 Å². The van der Waals surface area contributed by atoms with E-state index in [4.69, 9.17) is 11.6 Å². The van der Waals surface area contributed by atoms with Gasteiger partial charge in [-0.1, -0.05) is 48.0 Å². The standard InChI is InChI=1S/C20H14ClN3OS/c21-17-7-3-2-6-16(17)20-24-15(12-26-20)10-19(25)23-14-9-13-5-1-4-8-18(13)22-11-14/h1-9,11-12H,10H2,(H,23,25). The number of amides is 1. The van der Waals surface area contributed by atoms with E-state index in [1.165, 1.54) is 11.3 Å². The maximum Gasteiger partial charge on any atom is 0.230 e. The number of benzene rings is 2. The highest BCUT2D eigenvalue weighted by molar-refractivity contribution is 7.13. The van der Waals surface area contributed by atoms with Crippen molar-refractivity contribution in [1.29, 1.82) is 0 Å². The number of carbonyl (C=O) groups is 1. The van der Waals surface area contributed by atoms with Crippen LogP contribution in [0.4, 0.5) is 5.69 Å². The Balaban J connectivity index is 1.47. The van der Waals surface area contributed by atoms with Crippen LogP contribution >= 0.6 is 22.9 Å². The maximum absolute atomic E-state index is 12.3. The molecule has 4 rings (SSSR count). The first-order valence-corrected chi connectivity index (χ1v) is 9.29. The SMILES string of the molecule is O=C(Cc1csc(-c2ccccc2Cl)n1)Nc1cnc2ccccc2c1. The summed E-state index contributed by atoms with van der Waals surface area (Å²) < 4.78 is 0. The third-order valence-electron chi connectivity index (χ3n) is 3.87. The van der Waals surface area contributed by atoms with Gasteiger partial charge in [0.25, 0.3) is 0 Å². The molecule has 0 saturated carbocycles. The van der Waals surface area contributed by atoms with Crippen LogP contribution in [0.2, 0.25) is 5.02 Å². The molecule has 2 heterocycles. The second kappa shape index (κ2) is 7.23. The molecule has 0 spiro atoms. The number of hydrogen-bond donors (Lipinski definition) is 1. The van der Waals surface area contributed by atoms with Crippen molar-refractivity contribution in [3.63, 3.8) is 0 Å². The molecule has 0 aliphatic carbocycles. The topological polar surface area (TPSA) is 54.9 Å². The normalized spacial score (nSPS) is 10.8. The van der Waals surface area contributed by atoms with Gasteiger partial charge in [-0.2, -0.15) is 0 Å². The molecule has 0 radical (unpaired) electrons. The van der Waals surface area contributed by atoms with Gasteiger partial charge in [0, 0.05) is 16.3 Å². The molecular weight excluding hydrogens is 366 g/mol. The van der Waals surface area contributed by atoms with Crippen molar-refractivity contribution in [2.45, 2.75) is 6.42 Å². The zero-order valence-electron chi connectivity index (χ0n) is 13.6. The highest BCUT2D eigenvalue weighted by Gasteiger charge is 2.11. The summed E-state index contributed by atoms with van der Waals surface area (Å²) >= 11 is 7.69. The molecule has 0 aliphatic rings. The van der Waals surface area contributed by atoms with Crippen LogP contribution in [0.1, 0.15) is 5.69 Å². The predicted octanol–water partition coefficient (Wildman–Crippen LogP) is 5.19. The minimum absolute atomic E-state index is 0.127. The number of fused-ring (bicyclic) bond motifs is 1. The van der Waals surface area contributed by atoms with Crippen LogP contribution < -0.4 is 5.32 Å². The fourth-order valence-corrected chi connectivity index (χ4v) is 3.80. The predicted molar refractivity (Wildman–Crippen MR) is 107 cm³/mol. The Bertz CT molecular complexity index is 1090. The number of pyridine rings is 1. The highest BCUT2D eigenvalue weighted by atomic mass is 35.5. The monoisotopic (exact) mass is 379 g/mol. The molecular formula is C20H14ClN3OS. The van der Waals surface area contributed by atoms with Crippen molar-refractivity contribution < 1.29 is 4.79 Å². The van der Waals surface area contributed by atoms with Crippen molar-refractivity contribution in [2.75, 3.05) is 5.32 Å². The van der Waals surface area contributed by atoms with Gasteiger partial charge < -0.3 is 5.32 Å². The van der Waals surface area contributed by atoms with Gasteiger partial charge in [-0.3, -0.25) is 9.78 Å². The first-order chi connectivity index (χ1) is 12.7. The van der Waals surface area contributed by atoms with Gasteiger partial charge in [-0.05, 0) is 18.2 Å². The lowest BCUT2D eigenvalue weighted by atomic mass is 10.2. The van der Waals surface area contributed by atoms with Crippen LogP contribution in [0.5, 0.6) is 0 Å². The van der Waals surface area contributed by atoms with E-state index in [0.29, 0.717) is 10.7 Å². The number of nitrogens with zero attached hydrogens (tertiary/aromatic N) is 2. The van der Waals surface area contributed by atoms with Crippen molar-refractivity contribution >= 4 is 45.4 Å². The largest absolute Gasteiger partial charge is 0.324 e. The molecule has 0 unspecified atom stereocenters. The van der Waals surface area contributed by atoms with Gasteiger partial charge in [0.05, 0.1) is 34.5 Å². The van der Waals surface area contributed by atoms with Gasteiger partial charge in [0.2, 0.25) is 5.91 Å². The molecule has 6 heteroatoms. The summed E-state index contributed by atoms with van der Waals surface area (Å²) in [6.45, 7) is 0. The molecule has 4 aromatic rings. The molecule has 0 bridgehead atoms. The minimum Gasteiger partial charge on any atom is -0.324 e. The van der Waals surface area contributed by atoms with Gasteiger partial charge in [0.15, 0.2) is 0 Å². The average Bonchev–Trinajstić information content (AvgIpc) is 3.10. The van der Waals surface area contributed by atoms with E-state index < -0.39 is 0 Å². The number of para-hydroxylation sites is 1. The number of carbonyl (C=O) groups excluding carboxylic acids is 1. The Morgan fingerprint density at radius 1 is 1.12 bits per heavy atom. The lowest BCUT2D eigenvalue weighted by Crippen LogP contribution is -2.14. The molecule has 2 aromatic heterocycles. The molecule has 4 nitrogen and oxygen atoms in total. The first-order valence-electron chi connectivity index (χ1n) is 8.03. The van der Waals surface area contributed by atoms with E-state index in [2.05, 4.69) is 15.3 Å². The number of anilines is 1. The fourth-order valence-electron chi connectivity index (χ4n) is 2.66. The summed E-state index contributed by atoms with van der Waals surface area (Å²) in [5, 5.41) is 7.22. The third-order valence-corrected chi connectivity index (χ3v) is 5.13. The molecule has 1 amide bonds. The van der Waals surface area contributed by atoms with Crippen LogP contribution in [0.3, 0.4) is 0 Å². The number of hydrogen-bond acceptors (Lipinski definition) is 4. The maximum atomic E-state index is 12.3. The molecule has 0 saturated heterocycles. The summed E-state index contributed by atoms with van der Waals surface area (Å²) in [4.78, 5) is 21.2. The van der Waals surface area contributed by atoms with E-state index in [9.17, 15) is 4.79 Å². The molecule has 0 fully saturated rings. The summed E-state index contributed by atoms with van der Waals surface area (Å²) in [5.41, 5.74) is 3.17. The fraction of sp³-hybridized carbons (Fsp3) is 0.0500. The summed E-state index contributed by atoms with van der Waals surface area (Å²) in [6, 6.07) is 17.3. The van der Waals surface area contributed by atoms with Crippen LogP contribution in [0.25, 0.3) is 21.5 Å². The lowest BCUT2D eigenvalue weighted by Gasteiger charge is -2.05. The van der Waals surface area contributed by atoms with E-state index >= 15 is 0 Å². The van der Waals surface area contributed by atoms with Crippen LogP contribution in [0, 0.1) is 0 Å². The van der Waals surface area contributed by atoms with Gasteiger partial charge >= 0.3 is 0 Å². The molecule has 0 aliphatic heterocycles. The second-order valence-corrected chi connectivity index (χ2v) is 7.03. The Hall–Kier alpha value is -2.76. The van der Waals surface area contributed by atoms with Crippen LogP contribution in [-0.4, -0.2) is 15.9 Å². The smallest absolute Gasteiger partial charge is 0.230 e. The molecule has 2 aromatic carbocycles. The molecule has 26 heavy (non-hydrogen) atoms. The first kappa shape index (κ1) is 16.7. The number of halogens is 1. The van der Waals surface area contributed by atoms with E-state index in [0.717, 1.165) is 27.2 Å². The summed E-state index contributed by atoms with van der Waals surface area (Å²) in [7, 11) is 0. The zero-order chi connectivity index (χ0) is 17.9. The van der Waals surface area contributed by atoms with Gasteiger partial charge in [-0.25, -0.2) is 4.98 Å². The van der Waals surface area contributed by atoms with Gasteiger partial charge in [0.1, 0.15) is 5.01 Å². The van der Waals surface area contributed by atoms with Crippen molar-refractivity contribution in [3.05, 3.63) is 76.9 Å². The number of thiazole rings is 1. The average molecular weight is 380 g/mol.